The molecule has 4 heteroatoms. The predicted octanol–water partition coefficient (Wildman–Crippen LogP) is 2.20. The van der Waals surface area contributed by atoms with Crippen LogP contribution in [0.25, 0.3) is 0 Å². The lowest BCUT2D eigenvalue weighted by Crippen LogP contribution is -2.40. The lowest BCUT2D eigenvalue weighted by molar-refractivity contribution is 0.273. The van der Waals surface area contributed by atoms with Gasteiger partial charge in [0.05, 0.1) is 0 Å². The molecule has 0 amide bonds. The van der Waals surface area contributed by atoms with E-state index in [1.807, 2.05) is 12.1 Å². The van der Waals surface area contributed by atoms with Gasteiger partial charge in [0, 0.05) is 36.4 Å². The summed E-state index contributed by atoms with van der Waals surface area (Å²) in [7, 11) is 0. The molecule has 0 aromatic heterocycles. The molecule has 1 unspecified atom stereocenters. The van der Waals surface area contributed by atoms with Gasteiger partial charge in [0.1, 0.15) is 0 Å². The molecule has 1 atom stereocenters. The Kier molecular flexibility index (Phi) is 4.87. The van der Waals surface area contributed by atoms with Crippen LogP contribution in [0.3, 0.4) is 0 Å². The van der Waals surface area contributed by atoms with Gasteiger partial charge in [-0.25, -0.2) is 0 Å². The Labute approximate surface area is 114 Å². The average molecular weight is 269 g/mol. The van der Waals surface area contributed by atoms with Gasteiger partial charge in [-0.2, -0.15) is 0 Å². The van der Waals surface area contributed by atoms with E-state index < -0.39 is 0 Å². The monoisotopic (exact) mass is 268 g/mol. The van der Waals surface area contributed by atoms with Crippen LogP contribution in [0.4, 0.5) is 5.69 Å². The van der Waals surface area contributed by atoms with Crippen molar-refractivity contribution in [3.8, 4) is 0 Å². The maximum absolute atomic E-state index is 9.22. The molecule has 0 saturated carbocycles. The van der Waals surface area contributed by atoms with Gasteiger partial charge in [0.2, 0.25) is 0 Å². The third kappa shape index (κ3) is 3.16. The molecule has 2 rings (SSSR count). The van der Waals surface area contributed by atoms with Crippen molar-refractivity contribution >= 4 is 17.3 Å². The number of aliphatic hydroxyl groups excluding tert-OH is 1. The smallest absolute Gasteiger partial charge is 0.0451 e. The van der Waals surface area contributed by atoms with Gasteiger partial charge in [-0.3, -0.25) is 0 Å². The van der Waals surface area contributed by atoms with Crippen molar-refractivity contribution in [3.05, 3.63) is 28.8 Å². The molecular formula is C14H21ClN2O. The van der Waals surface area contributed by atoms with Gasteiger partial charge in [-0.15, -0.1) is 0 Å². The Morgan fingerprint density at radius 1 is 1.50 bits per heavy atom. The number of nitrogens with one attached hydrogen (secondary N) is 1. The first-order valence-electron chi connectivity index (χ1n) is 6.56. The lowest BCUT2D eigenvalue weighted by atomic mass is 10.1. The predicted molar refractivity (Wildman–Crippen MR) is 76.5 cm³/mol. The van der Waals surface area contributed by atoms with E-state index >= 15 is 0 Å². The summed E-state index contributed by atoms with van der Waals surface area (Å²) in [5.74, 6) is 0. The number of hydrogen-bond acceptors (Lipinski definition) is 3. The summed E-state index contributed by atoms with van der Waals surface area (Å²) in [6, 6.07) is 6.37. The van der Waals surface area contributed by atoms with Crippen LogP contribution < -0.4 is 10.2 Å². The second-order valence-corrected chi connectivity index (χ2v) is 5.28. The quantitative estimate of drug-likeness (QED) is 0.882. The first-order valence-corrected chi connectivity index (χ1v) is 6.94. The highest BCUT2D eigenvalue weighted by Crippen LogP contribution is 2.27. The Morgan fingerprint density at radius 3 is 3.11 bits per heavy atom. The zero-order valence-electron chi connectivity index (χ0n) is 10.8. The fraction of sp³-hybridized carbons (Fsp3) is 0.571. The first kappa shape index (κ1) is 13.7. The Morgan fingerprint density at radius 2 is 2.33 bits per heavy atom. The van der Waals surface area contributed by atoms with Crippen LogP contribution in [0.5, 0.6) is 0 Å². The van der Waals surface area contributed by atoms with Crippen LogP contribution in [-0.4, -0.2) is 37.4 Å². The highest BCUT2D eigenvalue weighted by Gasteiger charge is 2.21. The number of anilines is 1. The topological polar surface area (TPSA) is 35.5 Å². The highest BCUT2D eigenvalue weighted by molar-refractivity contribution is 6.30. The summed E-state index contributed by atoms with van der Waals surface area (Å²) in [6.45, 7) is 5.31. The summed E-state index contributed by atoms with van der Waals surface area (Å²) in [4.78, 5) is 2.39. The van der Waals surface area contributed by atoms with Gasteiger partial charge in [0.25, 0.3) is 0 Å². The second kappa shape index (κ2) is 6.41. The van der Waals surface area contributed by atoms with E-state index in [2.05, 4.69) is 23.2 Å². The minimum absolute atomic E-state index is 0.225. The van der Waals surface area contributed by atoms with Crippen LogP contribution in [-0.2, 0) is 0 Å². The maximum atomic E-state index is 9.22. The first-order chi connectivity index (χ1) is 8.72. The van der Waals surface area contributed by atoms with Crippen LogP contribution in [0.2, 0.25) is 5.02 Å². The summed E-state index contributed by atoms with van der Waals surface area (Å²) in [5.41, 5.74) is 2.44. The molecule has 1 aliphatic heterocycles. The molecule has 1 aromatic carbocycles. The van der Waals surface area contributed by atoms with E-state index in [1.165, 1.54) is 11.3 Å². The minimum Gasteiger partial charge on any atom is -0.396 e. The Balaban J connectivity index is 2.28. The van der Waals surface area contributed by atoms with Crippen LogP contribution in [0, 0.1) is 6.92 Å². The fourth-order valence-electron chi connectivity index (χ4n) is 2.55. The van der Waals surface area contributed by atoms with E-state index in [-0.39, 0.29) is 6.61 Å². The molecule has 18 heavy (non-hydrogen) atoms. The number of benzene rings is 1. The van der Waals surface area contributed by atoms with E-state index in [0.717, 1.165) is 37.5 Å². The van der Waals surface area contributed by atoms with Crippen LogP contribution in [0.15, 0.2) is 18.2 Å². The van der Waals surface area contributed by atoms with E-state index in [0.29, 0.717) is 6.04 Å². The van der Waals surface area contributed by atoms with Crippen molar-refractivity contribution < 1.29 is 5.11 Å². The number of rotatable bonds is 3. The van der Waals surface area contributed by atoms with Gasteiger partial charge in [-0.1, -0.05) is 17.7 Å². The van der Waals surface area contributed by atoms with E-state index in [9.17, 15) is 5.11 Å². The summed E-state index contributed by atoms with van der Waals surface area (Å²) in [6.07, 6.45) is 1.91. The molecule has 0 aliphatic carbocycles. The Bertz CT molecular complexity index is 397. The minimum atomic E-state index is 0.225. The van der Waals surface area contributed by atoms with Crippen molar-refractivity contribution in [3.63, 3.8) is 0 Å². The van der Waals surface area contributed by atoms with Crippen molar-refractivity contribution in [2.75, 3.05) is 31.1 Å². The number of nitrogens with zero attached hydrogens (tertiary/aromatic N) is 1. The van der Waals surface area contributed by atoms with Crippen LogP contribution >= 0.6 is 11.6 Å². The number of aliphatic hydroxyl groups is 1. The molecule has 1 heterocycles. The fourth-order valence-corrected chi connectivity index (χ4v) is 2.72. The number of hydrogen-bond donors (Lipinski definition) is 2. The van der Waals surface area contributed by atoms with Gasteiger partial charge in [0.15, 0.2) is 0 Å². The van der Waals surface area contributed by atoms with E-state index in [1.54, 1.807) is 0 Å². The molecule has 1 aromatic rings. The lowest BCUT2D eigenvalue weighted by Gasteiger charge is -2.33. The number of aryl methyl sites for hydroxylation is 1. The highest BCUT2D eigenvalue weighted by atomic mass is 35.5. The van der Waals surface area contributed by atoms with Gasteiger partial charge in [-0.05, 0) is 44.0 Å². The SMILES string of the molecule is Cc1ccc(Cl)cc1N1CCCNCC1CCO. The third-order valence-electron chi connectivity index (χ3n) is 3.52. The van der Waals surface area contributed by atoms with Crippen LogP contribution in [0.1, 0.15) is 18.4 Å². The molecule has 1 saturated heterocycles. The molecule has 1 aliphatic rings. The zero-order chi connectivity index (χ0) is 13.0. The van der Waals surface area contributed by atoms with Gasteiger partial charge < -0.3 is 15.3 Å². The third-order valence-corrected chi connectivity index (χ3v) is 3.75. The summed E-state index contributed by atoms with van der Waals surface area (Å²) < 4.78 is 0. The summed E-state index contributed by atoms with van der Waals surface area (Å²) in [5, 5.41) is 13.4. The molecule has 0 bridgehead atoms. The maximum Gasteiger partial charge on any atom is 0.0451 e. The van der Waals surface area contributed by atoms with Crippen molar-refractivity contribution in [1.82, 2.24) is 5.32 Å². The average Bonchev–Trinajstić information content (AvgIpc) is 2.58. The van der Waals surface area contributed by atoms with Crippen molar-refractivity contribution in [1.29, 1.82) is 0 Å². The standard InChI is InChI=1S/C14H21ClN2O/c1-11-3-4-12(15)9-14(11)17-7-2-6-16-10-13(17)5-8-18/h3-4,9,13,16,18H,2,5-8,10H2,1H3. The summed E-state index contributed by atoms with van der Waals surface area (Å²) >= 11 is 6.11. The molecule has 0 spiro atoms. The molecule has 3 nitrogen and oxygen atoms in total. The molecular weight excluding hydrogens is 248 g/mol. The largest absolute Gasteiger partial charge is 0.396 e. The zero-order valence-corrected chi connectivity index (χ0v) is 11.6. The molecule has 100 valence electrons. The van der Waals surface area contributed by atoms with Gasteiger partial charge >= 0.3 is 0 Å². The van der Waals surface area contributed by atoms with Crippen molar-refractivity contribution in [2.45, 2.75) is 25.8 Å². The Hall–Kier alpha value is -0.770. The molecule has 1 fully saturated rings. The molecule has 0 radical (unpaired) electrons. The molecule has 2 N–H and O–H groups in total. The normalized spacial score (nSPS) is 20.8. The second-order valence-electron chi connectivity index (χ2n) is 4.85. The van der Waals surface area contributed by atoms with Crippen molar-refractivity contribution in [2.24, 2.45) is 0 Å². The number of halogens is 1. The van der Waals surface area contributed by atoms with E-state index in [4.69, 9.17) is 11.6 Å².